The van der Waals surface area contributed by atoms with Gasteiger partial charge in [-0.1, -0.05) is 29.8 Å². The number of benzene rings is 1. The Morgan fingerprint density at radius 1 is 1.33 bits per heavy atom. The van der Waals surface area contributed by atoms with Gasteiger partial charge in [-0.05, 0) is 19.4 Å². The summed E-state index contributed by atoms with van der Waals surface area (Å²) in [7, 11) is 3.47. The summed E-state index contributed by atoms with van der Waals surface area (Å²) in [6.45, 7) is 5.61. The van der Waals surface area contributed by atoms with Crippen molar-refractivity contribution in [1.29, 1.82) is 0 Å². The van der Waals surface area contributed by atoms with Crippen LogP contribution < -0.4 is 10.6 Å². The molecule has 0 saturated carbocycles. The molecule has 0 spiro atoms. The molecule has 1 unspecified atom stereocenters. The highest BCUT2D eigenvalue weighted by molar-refractivity contribution is 5.73. The number of urea groups is 1. The van der Waals surface area contributed by atoms with Gasteiger partial charge in [0.05, 0.1) is 0 Å². The maximum absolute atomic E-state index is 11.3. The fourth-order valence-corrected chi connectivity index (χ4v) is 1.67. The van der Waals surface area contributed by atoms with Crippen LogP contribution in [0.1, 0.15) is 24.1 Å². The maximum Gasteiger partial charge on any atom is 0.316 e. The van der Waals surface area contributed by atoms with Crippen LogP contribution in [-0.4, -0.2) is 38.1 Å². The second-order valence-corrected chi connectivity index (χ2v) is 4.72. The van der Waals surface area contributed by atoms with Gasteiger partial charge in [0, 0.05) is 33.2 Å². The van der Waals surface area contributed by atoms with Crippen LogP contribution in [0.5, 0.6) is 0 Å². The summed E-state index contributed by atoms with van der Waals surface area (Å²) in [5.74, 6) is 0. The summed E-state index contributed by atoms with van der Waals surface area (Å²) >= 11 is 0. The number of carbonyl (C=O) groups excluding carboxylic acids is 1. The largest absolute Gasteiger partial charge is 0.337 e. The molecule has 0 fully saturated rings. The molecule has 0 aliphatic carbocycles. The predicted molar refractivity (Wildman–Crippen MR) is 74.7 cm³/mol. The smallest absolute Gasteiger partial charge is 0.316 e. The summed E-state index contributed by atoms with van der Waals surface area (Å²) in [4.78, 5) is 12.8. The van der Waals surface area contributed by atoms with E-state index in [2.05, 4.69) is 48.7 Å². The second kappa shape index (κ2) is 7.01. The molecule has 100 valence electrons. The van der Waals surface area contributed by atoms with Crippen LogP contribution in [0.3, 0.4) is 0 Å². The molecule has 2 N–H and O–H groups in total. The molecule has 1 aromatic carbocycles. The topological polar surface area (TPSA) is 44.4 Å². The molecule has 4 heteroatoms. The van der Waals surface area contributed by atoms with Gasteiger partial charge < -0.3 is 15.5 Å². The lowest BCUT2D eigenvalue weighted by Gasteiger charge is -2.16. The highest BCUT2D eigenvalue weighted by Crippen LogP contribution is 2.12. The van der Waals surface area contributed by atoms with Crippen molar-refractivity contribution in [1.82, 2.24) is 15.5 Å². The minimum Gasteiger partial charge on any atom is -0.337 e. The summed E-state index contributed by atoms with van der Waals surface area (Å²) in [5.41, 5.74) is 2.54. The Bertz CT molecular complexity index is 390. The Kier molecular flexibility index (Phi) is 5.65. The molecule has 0 aliphatic heterocycles. The van der Waals surface area contributed by atoms with Crippen molar-refractivity contribution < 1.29 is 4.79 Å². The molecular formula is C14H23N3O. The number of hydrogen-bond donors (Lipinski definition) is 2. The Balaban J connectivity index is 2.29. The average molecular weight is 249 g/mol. The van der Waals surface area contributed by atoms with E-state index in [4.69, 9.17) is 0 Å². The van der Waals surface area contributed by atoms with Gasteiger partial charge in [-0.25, -0.2) is 4.79 Å². The van der Waals surface area contributed by atoms with Crippen molar-refractivity contribution in [3.63, 3.8) is 0 Å². The van der Waals surface area contributed by atoms with Crippen molar-refractivity contribution in [2.75, 3.05) is 27.2 Å². The normalized spacial score (nSPS) is 12.0. The first kappa shape index (κ1) is 14.5. The van der Waals surface area contributed by atoms with Crippen LogP contribution in [0.2, 0.25) is 0 Å². The zero-order valence-electron chi connectivity index (χ0n) is 11.7. The lowest BCUT2D eigenvalue weighted by Crippen LogP contribution is -2.38. The second-order valence-electron chi connectivity index (χ2n) is 4.72. The van der Waals surface area contributed by atoms with E-state index in [1.807, 2.05) is 0 Å². The summed E-state index contributed by atoms with van der Waals surface area (Å²) in [5, 5.41) is 6.21. The van der Waals surface area contributed by atoms with Gasteiger partial charge in [-0.2, -0.15) is 0 Å². The van der Waals surface area contributed by atoms with Crippen LogP contribution in [0.4, 0.5) is 4.79 Å². The van der Waals surface area contributed by atoms with E-state index in [0.29, 0.717) is 12.6 Å². The number of rotatable bonds is 5. The van der Waals surface area contributed by atoms with Gasteiger partial charge in [0.2, 0.25) is 0 Å². The van der Waals surface area contributed by atoms with Crippen LogP contribution in [0.15, 0.2) is 24.3 Å². The Morgan fingerprint density at radius 2 is 2.06 bits per heavy atom. The zero-order valence-corrected chi connectivity index (χ0v) is 11.7. The molecule has 0 bridgehead atoms. The number of nitrogens with one attached hydrogen (secondary N) is 2. The SMILES string of the molecule is Cc1cccc(C(C)NCCNC(=O)N(C)C)c1. The summed E-state index contributed by atoms with van der Waals surface area (Å²) in [6.07, 6.45) is 0. The van der Waals surface area contributed by atoms with Gasteiger partial charge in [-0.15, -0.1) is 0 Å². The molecule has 1 rings (SSSR count). The van der Waals surface area contributed by atoms with Crippen molar-refractivity contribution in [2.45, 2.75) is 19.9 Å². The maximum atomic E-state index is 11.3. The summed E-state index contributed by atoms with van der Waals surface area (Å²) < 4.78 is 0. The number of aryl methyl sites for hydroxylation is 1. The lowest BCUT2D eigenvalue weighted by molar-refractivity contribution is 0.217. The molecule has 1 aromatic rings. The Labute approximate surface area is 109 Å². The highest BCUT2D eigenvalue weighted by Gasteiger charge is 2.05. The van der Waals surface area contributed by atoms with E-state index in [1.165, 1.54) is 16.0 Å². The van der Waals surface area contributed by atoms with Crippen molar-refractivity contribution >= 4 is 6.03 Å². The molecule has 18 heavy (non-hydrogen) atoms. The highest BCUT2D eigenvalue weighted by atomic mass is 16.2. The van der Waals surface area contributed by atoms with Crippen molar-refractivity contribution in [3.8, 4) is 0 Å². The van der Waals surface area contributed by atoms with Crippen LogP contribution in [0.25, 0.3) is 0 Å². The van der Waals surface area contributed by atoms with Crippen LogP contribution >= 0.6 is 0 Å². The van der Waals surface area contributed by atoms with E-state index in [0.717, 1.165) is 6.54 Å². The standard InChI is InChI=1S/C14H23N3O/c1-11-6-5-7-13(10-11)12(2)15-8-9-16-14(18)17(3)4/h5-7,10,12,15H,8-9H2,1-4H3,(H,16,18). The quantitative estimate of drug-likeness (QED) is 0.783. The summed E-state index contributed by atoms with van der Waals surface area (Å²) in [6, 6.07) is 8.68. The van der Waals surface area contributed by atoms with Gasteiger partial charge >= 0.3 is 6.03 Å². The molecule has 0 radical (unpaired) electrons. The van der Waals surface area contributed by atoms with E-state index >= 15 is 0 Å². The first-order valence-corrected chi connectivity index (χ1v) is 6.26. The average Bonchev–Trinajstić information content (AvgIpc) is 2.33. The number of amides is 2. The third kappa shape index (κ3) is 4.75. The Morgan fingerprint density at radius 3 is 2.67 bits per heavy atom. The lowest BCUT2D eigenvalue weighted by atomic mass is 10.1. The van der Waals surface area contributed by atoms with E-state index < -0.39 is 0 Å². The molecule has 2 amide bonds. The first-order valence-electron chi connectivity index (χ1n) is 6.26. The molecular weight excluding hydrogens is 226 g/mol. The number of carbonyl (C=O) groups is 1. The van der Waals surface area contributed by atoms with E-state index in [-0.39, 0.29) is 6.03 Å². The third-order valence-electron chi connectivity index (χ3n) is 2.80. The zero-order chi connectivity index (χ0) is 13.5. The Hall–Kier alpha value is -1.55. The first-order chi connectivity index (χ1) is 8.50. The number of nitrogens with zero attached hydrogens (tertiary/aromatic N) is 1. The van der Waals surface area contributed by atoms with Crippen molar-refractivity contribution in [2.24, 2.45) is 0 Å². The molecule has 0 aromatic heterocycles. The fourth-order valence-electron chi connectivity index (χ4n) is 1.67. The van der Waals surface area contributed by atoms with E-state index in [1.54, 1.807) is 14.1 Å². The van der Waals surface area contributed by atoms with Gasteiger partial charge in [0.15, 0.2) is 0 Å². The monoisotopic (exact) mass is 249 g/mol. The molecule has 0 saturated heterocycles. The van der Waals surface area contributed by atoms with Crippen LogP contribution in [-0.2, 0) is 0 Å². The minimum absolute atomic E-state index is 0.0555. The molecule has 0 aliphatic rings. The molecule has 0 heterocycles. The number of hydrogen-bond acceptors (Lipinski definition) is 2. The van der Waals surface area contributed by atoms with Gasteiger partial charge in [0.25, 0.3) is 0 Å². The minimum atomic E-state index is -0.0555. The van der Waals surface area contributed by atoms with Gasteiger partial charge in [0.1, 0.15) is 0 Å². The van der Waals surface area contributed by atoms with Gasteiger partial charge in [-0.3, -0.25) is 0 Å². The molecule has 4 nitrogen and oxygen atoms in total. The van der Waals surface area contributed by atoms with Crippen molar-refractivity contribution in [3.05, 3.63) is 35.4 Å². The predicted octanol–water partition coefficient (Wildman–Crippen LogP) is 1.92. The third-order valence-corrected chi connectivity index (χ3v) is 2.80. The molecule has 1 atom stereocenters. The van der Waals surface area contributed by atoms with Crippen LogP contribution in [0, 0.1) is 6.92 Å². The van der Waals surface area contributed by atoms with E-state index in [9.17, 15) is 4.79 Å². The fraction of sp³-hybridized carbons (Fsp3) is 0.500.